The van der Waals surface area contributed by atoms with Crippen LogP contribution in [0.4, 0.5) is 20.2 Å². The van der Waals surface area contributed by atoms with Crippen molar-refractivity contribution in [2.75, 3.05) is 10.5 Å². The number of nitrogen functional groups attached to an aromatic ring is 1. The first-order valence-corrected chi connectivity index (χ1v) is 6.71. The lowest BCUT2D eigenvalue weighted by atomic mass is 10.3. The minimum atomic E-state index is -4.23. The van der Waals surface area contributed by atoms with Gasteiger partial charge in [0, 0.05) is 0 Å². The number of nitrogens with two attached hydrogens (primary N) is 1. The zero-order valence-corrected chi connectivity index (χ0v) is 10.4. The largest absolute Gasteiger partial charge is 0.397 e. The summed E-state index contributed by atoms with van der Waals surface area (Å²) in [5.41, 5.74) is 5.00. The van der Waals surface area contributed by atoms with E-state index >= 15 is 0 Å². The van der Waals surface area contributed by atoms with Crippen LogP contribution in [0, 0.1) is 11.6 Å². The minimum Gasteiger partial charge on any atom is -0.397 e. The highest BCUT2D eigenvalue weighted by Gasteiger charge is 2.21. The highest BCUT2D eigenvalue weighted by atomic mass is 32.2. The van der Waals surface area contributed by atoms with Crippen LogP contribution in [0.5, 0.6) is 0 Å². The topological polar surface area (TPSA) is 72.2 Å². The summed E-state index contributed by atoms with van der Waals surface area (Å²) in [4.78, 5) is -0.572. The van der Waals surface area contributed by atoms with Crippen molar-refractivity contribution in [1.29, 1.82) is 0 Å². The maximum Gasteiger partial charge on any atom is 0.264 e. The van der Waals surface area contributed by atoms with Gasteiger partial charge in [-0.3, -0.25) is 4.72 Å². The molecule has 2 aromatic rings. The van der Waals surface area contributed by atoms with Gasteiger partial charge in [-0.2, -0.15) is 0 Å². The first-order valence-electron chi connectivity index (χ1n) is 5.23. The number of nitrogens with one attached hydrogen (secondary N) is 1. The second kappa shape index (κ2) is 4.85. The molecule has 0 aliphatic rings. The molecule has 0 fully saturated rings. The molecule has 4 nitrogen and oxygen atoms in total. The lowest BCUT2D eigenvalue weighted by molar-refractivity contribution is 0.569. The van der Waals surface area contributed by atoms with Crippen LogP contribution in [0.1, 0.15) is 0 Å². The van der Waals surface area contributed by atoms with E-state index in [1.165, 1.54) is 24.3 Å². The van der Waals surface area contributed by atoms with Crippen LogP contribution in [0.2, 0.25) is 0 Å². The predicted octanol–water partition coefficient (Wildman–Crippen LogP) is 2.35. The van der Waals surface area contributed by atoms with E-state index in [1.807, 2.05) is 4.72 Å². The van der Waals surface area contributed by atoms with Crippen molar-refractivity contribution in [3.8, 4) is 0 Å². The van der Waals surface area contributed by atoms with Gasteiger partial charge < -0.3 is 5.73 Å². The highest BCUT2D eigenvalue weighted by Crippen LogP contribution is 2.25. The Morgan fingerprint density at radius 1 is 0.947 bits per heavy atom. The number of benzene rings is 2. The Morgan fingerprint density at radius 3 is 2.21 bits per heavy atom. The smallest absolute Gasteiger partial charge is 0.264 e. The molecule has 0 spiro atoms. The number of hydrogen-bond acceptors (Lipinski definition) is 3. The van der Waals surface area contributed by atoms with Crippen molar-refractivity contribution in [2.24, 2.45) is 0 Å². The molecule has 19 heavy (non-hydrogen) atoms. The third-order valence-corrected chi connectivity index (χ3v) is 3.79. The normalized spacial score (nSPS) is 11.3. The minimum absolute atomic E-state index is 0.0834. The zero-order valence-electron chi connectivity index (χ0n) is 9.60. The lowest BCUT2D eigenvalue weighted by Crippen LogP contribution is -2.16. The van der Waals surface area contributed by atoms with Crippen LogP contribution in [0.25, 0.3) is 0 Å². The summed E-state index contributed by atoms with van der Waals surface area (Å²) in [7, 11) is -4.23. The summed E-state index contributed by atoms with van der Waals surface area (Å²) in [5, 5.41) is 0. The monoisotopic (exact) mass is 284 g/mol. The molecule has 7 heteroatoms. The van der Waals surface area contributed by atoms with Crippen molar-refractivity contribution >= 4 is 21.4 Å². The summed E-state index contributed by atoms with van der Waals surface area (Å²) in [5.74, 6) is -1.76. The Labute approximate surface area is 108 Å². The summed E-state index contributed by atoms with van der Waals surface area (Å²) >= 11 is 0. The van der Waals surface area contributed by atoms with Crippen LogP contribution in [0.15, 0.2) is 47.4 Å². The molecular formula is C12H10F2N2O2S. The molecule has 0 radical (unpaired) electrons. The van der Waals surface area contributed by atoms with Crippen molar-refractivity contribution in [1.82, 2.24) is 0 Å². The van der Waals surface area contributed by atoms with Crippen LogP contribution < -0.4 is 10.5 Å². The molecule has 0 saturated carbocycles. The Morgan fingerprint density at radius 2 is 1.58 bits per heavy atom. The maximum absolute atomic E-state index is 13.5. The number of hydrogen-bond donors (Lipinski definition) is 2. The number of anilines is 2. The molecule has 0 unspecified atom stereocenters. The molecule has 0 bridgehead atoms. The second-order valence-electron chi connectivity index (χ2n) is 3.74. The molecule has 0 amide bonds. The van der Waals surface area contributed by atoms with E-state index in [-0.39, 0.29) is 5.69 Å². The third kappa shape index (κ3) is 2.65. The number of halogens is 2. The van der Waals surface area contributed by atoms with E-state index in [0.29, 0.717) is 0 Å². The average Bonchev–Trinajstić information content (AvgIpc) is 2.34. The molecule has 100 valence electrons. The fraction of sp³-hybridized carbons (Fsp3) is 0. The molecule has 0 atom stereocenters. The first kappa shape index (κ1) is 13.3. The van der Waals surface area contributed by atoms with E-state index < -0.39 is 32.2 Å². The fourth-order valence-electron chi connectivity index (χ4n) is 1.50. The van der Waals surface area contributed by atoms with Gasteiger partial charge in [-0.1, -0.05) is 18.2 Å². The van der Waals surface area contributed by atoms with E-state index in [9.17, 15) is 17.2 Å². The van der Waals surface area contributed by atoms with E-state index in [4.69, 9.17) is 5.73 Å². The standard InChI is InChI=1S/C12H10F2N2O2S/c13-8-4-1-2-7-11(8)19(17,18)16-12-9(14)5-3-6-10(12)15/h1-7,16H,15H2. The molecule has 2 aromatic carbocycles. The lowest BCUT2D eigenvalue weighted by Gasteiger charge is -2.11. The van der Waals surface area contributed by atoms with Gasteiger partial charge in [-0.25, -0.2) is 17.2 Å². The van der Waals surface area contributed by atoms with Crippen molar-refractivity contribution < 1.29 is 17.2 Å². The predicted molar refractivity (Wildman–Crippen MR) is 68.0 cm³/mol. The quantitative estimate of drug-likeness (QED) is 0.850. The Bertz CT molecular complexity index is 697. The molecule has 0 aromatic heterocycles. The third-order valence-electron chi connectivity index (χ3n) is 2.41. The zero-order chi connectivity index (χ0) is 14.0. The van der Waals surface area contributed by atoms with Gasteiger partial charge >= 0.3 is 0 Å². The van der Waals surface area contributed by atoms with Crippen LogP contribution in [-0.2, 0) is 10.0 Å². The number of para-hydroxylation sites is 1. The number of sulfonamides is 1. The van der Waals surface area contributed by atoms with Crippen molar-refractivity contribution in [2.45, 2.75) is 4.90 Å². The second-order valence-corrected chi connectivity index (χ2v) is 5.39. The van der Waals surface area contributed by atoms with Crippen LogP contribution >= 0.6 is 0 Å². The fourth-order valence-corrected chi connectivity index (χ4v) is 2.68. The van der Waals surface area contributed by atoms with Gasteiger partial charge in [0.2, 0.25) is 0 Å². The Hall–Kier alpha value is -2.15. The van der Waals surface area contributed by atoms with Gasteiger partial charge in [0.05, 0.1) is 5.69 Å². The molecule has 3 N–H and O–H groups in total. The summed E-state index contributed by atoms with van der Waals surface area (Å²) in [6, 6.07) is 8.52. The first-order chi connectivity index (χ1) is 8.92. The van der Waals surface area contributed by atoms with Gasteiger partial charge in [-0.15, -0.1) is 0 Å². The molecule has 0 heterocycles. The number of rotatable bonds is 3. The maximum atomic E-state index is 13.5. The Balaban J connectivity index is 2.46. The summed E-state index contributed by atoms with van der Waals surface area (Å²) in [6.45, 7) is 0. The van der Waals surface area contributed by atoms with Crippen molar-refractivity contribution in [3.05, 3.63) is 54.1 Å². The Kier molecular flexibility index (Phi) is 3.39. The van der Waals surface area contributed by atoms with E-state index in [1.54, 1.807) is 0 Å². The van der Waals surface area contributed by atoms with E-state index in [0.717, 1.165) is 18.2 Å². The summed E-state index contributed by atoms with van der Waals surface area (Å²) < 4.78 is 52.8. The van der Waals surface area contributed by atoms with Gasteiger partial charge in [0.15, 0.2) is 0 Å². The molecule has 0 aliphatic carbocycles. The van der Waals surface area contributed by atoms with E-state index in [2.05, 4.69) is 0 Å². The molecule has 0 saturated heterocycles. The molecule has 2 rings (SSSR count). The SMILES string of the molecule is Nc1cccc(F)c1NS(=O)(=O)c1ccccc1F. The van der Waals surface area contributed by atoms with Crippen molar-refractivity contribution in [3.63, 3.8) is 0 Å². The van der Waals surface area contributed by atoms with Crippen LogP contribution in [0.3, 0.4) is 0 Å². The van der Waals surface area contributed by atoms with Gasteiger partial charge in [-0.05, 0) is 24.3 Å². The van der Waals surface area contributed by atoms with Crippen LogP contribution in [-0.4, -0.2) is 8.42 Å². The van der Waals surface area contributed by atoms with Gasteiger partial charge in [0.1, 0.15) is 22.2 Å². The molecule has 0 aliphatic heterocycles. The average molecular weight is 284 g/mol. The molecular weight excluding hydrogens is 274 g/mol. The summed E-state index contributed by atoms with van der Waals surface area (Å²) in [6.07, 6.45) is 0. The van der Waals surface area contributed by atoms with Gasteiger partial charge in [0.25, 0.3) is 10.0 Å². The highest BCUT2D eigenvalue weighted by molar-refractivity contribution is 7.92.